The van der Waals surface area contributed by atoms with Crippen molar-refractivity contribution in [3.8, 4) is 0 Å². The monoisotopic (exact) mass is 612 g/mol. The molecule has 1 aromatic rings. The zero-order chi connectivity index (χ0) is 31.2. The molecule has 7 rings (SSSR count). The summed E-state index contributed by atoms with van der Waals surface area (Å²) in [5, 5.41) is 35.1. The normalized spacial score (nSPS) is 42.0. The molecule has 4 aliphatic carbocycles. The van der Waals surface area contributed by atoms with Crippen molar-refractivity contribution < 1.29 is 43.5 Å². The molecule has 44 heavy (non-hydrogen) atoms. The molecule has 5 fully saturated rings. The summed E-state index contributed by atoms with van der Waals surface area (Å²) in [6.07, 6.45) is 6.06. The second-order valence-corrected chi connectivity index (χ2v) is 13.8. The van der Waals surface area contributed by atoms with Crippen molar-refractivity contribution in [2.45, 2.75) is 88.3 Å². The molecule has 2 aliphatic heterocycles. The Bertz CT molecular complexity index is 1460. The van der Waals surface area contributed by atoms with Crippen LogP contribution < -0.4 is 0 Å². The predicted molar refractivity (Wildman–Crippen MR) is 150 cm³/mol. The Hall–Kier alpha value is -3.42. The minimum atomic E-state index is -1.25. The van der Waals surface area contributed by atoms with Gasteiger partial charge in [0.2, 0.25) is 0 Å². The molecule has 13 nitrogen and oxygen atoms in total. The fourth-order valence-corrected chi connectivity index (χ4v) is 10.6. The number of cyclic esters (lactones) is 1. The molecular weight excluding hydrogens is 576 g/mol. The standard InChI is InChI=1S/C31H36N2O11/c1-28-7-6-24-30-8-5-21(43-26(35)17-11-19(32(37)38)14-20(12-17)33(39)40)15-29(30,36)9-10-31(24,44-27(30)41-2)23(28)4-3-22(28)18-13-25(34)42-16-18/h11-14,21-24,27,36H,3-10,15-16H2,1-2H3/t21-,22-,23-,24-,27-,28+,29+,30-,31-/m0/s1. The third-order valence-corrected chi connectivity index (χ3v) is 12.3. The predicted octanol–water partition coefficient (Wildman–Crippen LogP) is 4.39. The number of esters is 2. The molecule has 2 bridgehead atoms. The molecule has 0 unspecified atom stereocenters. The second-order valence-electron chi connectivity index (χ2n) is 13.8. The molecule has 0 amide bonds. The summed E-state index contributed by atoms with van der Waals surface area (Å²) < 4.78 is 24.0. The molecule has 1 spiro atoms. The number of hydrogen-bond donors (Lipinski definition) is 1. The van der Waals surface area contributed by atoms with Gasteiger partial charge >= 0.3 is 11.9 Å². The number of carbonyl (C=O) groups is 2. The lowest BCUT2D eigenvalue weighted by Gasteiger charge is -2.63. The fraction of sp³-hybridized carbons (Fsp3) is 0.677. The Morgan fingerprint density at radius 3 is 2.36 bits per heavy atom. The average molecular weight is 613 g/mol. The van der Waals surface area contributed by atoms with E-state index in [9.17, 15) is 34.9 Å². The van der Waals surface area contributed by atoms with E-state index in [1.54, 1.807) is 13.2 Å². The maximum atomic E-state index is 13.1. The summed E-state index contributed by atoms with van der Waals surface area (Å²) >= 11 is 0. The van der Waals surface area contributed by atoms with Crippen LogP contribution in [0, 0.1) is 48.8 Å². The number of non-ortho nitro benzene ring substituents is 2. The Kier molecular flexibility index (Phi) is 6.52. The molecule has 4 saturated carbocycles. The quantitative estimate of drug-likeness (QED) is 0.274. The third kappa shape index (κ3) is 3.87. The maximum absolute atomic E-state index is 13.1. The third-order valence-electron chi connectivity index (χ3n) is 12.3. The number of methoxy groups -OCH3 is 1. The van der Waals surface area contributed by atoms with Crippen molar-refractivity contribution in [2.75, 3.05) is 13.7 Å². The van der Waals surface area contributed by atoms with E-state index in [0.29, 0.717) is 32.3 Å². The van der Waals surface area contributed by atoms with Gasteiger partial charge in [-0.1, -0.05) is 6.92 Å². The molecule has 0 aromatic heterocycles. The Morgan fingerprint density at radius 1 is 1.00 bits per heavy atom. The van der Waals surface area contributed by atoms with Crippen molar-refractivity contribution >= 4 is 23.3 Å². The number of aliphatic hydroxyl groups is 1. The molecule has 9 atom stereocenters. The fourth-order valence-electron chi connectivity index (χ4n) is 10.6. The summed E-state index contributed by atoms with van der Waals surface area (Å²) in [6.45, 7) is 2.66. The number of nitrogens with zero attached hydrogens (tertiary/aromatic N) is 2. The van der Waals surface area contributed by atoms with Crippen molar-refractivity contribution in [3.63, 3.8) is 0 Å². The van der Waals surface area contributed by atoms with E-state index in [0.717, 1.165) is 49.5 Å². The first-order valence-electron chi connectivity index (χ1n) is 15.3. The SMILES string of the molecule is CO[C@H]1O[C@]23CC[C@@]4(O)C[C@@H](OC(=O)c5cc([N+](=O)[O-])cc([N+](=O)[O-])c5)CC[C@]14[C@@H]2CC[C@]1(C)[C@H](C2=CC(=O)OC2)CC[C@@H]13. The van der Waals surface area contributed by atoms with Crippen LogP contribution in [0.1, 0.15) is 75.1 Å². The largest absolute Gasteiger partial charge is 0.459 e. The van der Waals surface area contributed by atoms with E-state index in [1.807, 2.05) is 0 Å². The average Bonchev–Trinajstić information content (AvgIpc) is 3.63. The minimum absolute atomic E-state index is 0.0297. The molecule has 0 radical (unpaired) electrons. The number of benzene rings is 1. The van der Waals surface area contributed by atoms with Crippen LogP contribution >= 0.6 is 0 Å². The maximum Gasteiger partial charge on any atom is 0.338 e. The summed E-state index contributed by atoms with van der Waals surface area (Å²) in [5.74, 6) is -0.708. The van der Waals surface area contributed by atoms with Gasteiger partial charge in [0.1, 0.15) is 12.7 Å². The van der Waals surface area contributed by atoms with E-state index in [1.165, 1.54) is 0 Å². The van der Waals surface area contributed by atoms with Gasteiger partial charge in [-0.25, -0.2) is 9.59 Å². The van der Waals surface area contributed by atoms with Gasteiger partial charge in [-0.05, 0) is 74.2 Å². The molecule has 1 aromatic carbocycles. The highest BCUT2D eigenvalue weighted by atomic mass is 16.7. The van der Waals surface area contributed by atoms with Crippen molar-refractivity contribution in [2.24, 2.45) is 28.6 Å². The van der Waals surface area contributed by atoms with Gasteiger partial charge in [-0.15, -0.1) is 0 Å². The molecule has 6 aliphatic rings. The van der Waals surface area contributed by atoms with Crippen LogP contribution in [0.4, 0.5) is 11.4 Å². The molecular formula is C31H36N2O11. The Morgan fingerprint density at radius 2 is 1.73 bits per heavy atom. The van der Waals surface area contributed by atoms with Gasteiger partial charge < -0.3 is 24.1 Å². The summed E-state index contributed by atoms with van der Waals surface area (Å²) in [4.78, 5) is 46.1. The number of nitro benzene ring substituents is 2. The smallest absolute Gasteiger partial charge is 0.338 e. The van der Waals surface area contributed by atoms with Gasteiger partial charge in [-0.3, -0.25) is 20.2 Å². The lowest BCUT2D eigenvalue weighted by atomic mass is 9.42. The number of ether oxygens (including phenoxy) is 4. The molecule has 1 saturated heterocycles. The zero-order valence-corrected chi connectivity index (χ0v) is 24.7. The lowest BCUT2D eigenvalue weighted by molar-refractivity contribution is -0.394. The van der Waals surface area contributed by atoms with E-state index in [-0.39, 0.29) is 41.1 Å². The number of hydrogen-bond acceptors (Lipinski definition) is 11. The first-order chi connectivity index (χ1) is 20.9. The lowest BCUT2D eigenvalue weighted by Crippen LogP contribution is -2.67. The van der Waals surface area contributed by atoms with Crippen molar-refractivity contribution in [3.05, 3.63) is 55.6 Å². The molecule has 13 heteroatoms. The van der Waals surface area contributed by atoms with Crippen LogP contribution in [0.3, 0.4) is 0 Å². The van der Waals surface area contributed by atoms with E-state index >= 15 is 0 Å². The molecule has 236 valence electrons. The van der Waals surface area contributed by atoms with E-state index in [4.69, 9.17) is 18.9 Å². The molecule has 2 heterocycles. The van der Waals surface area contributed by atoms with Crippen LogP contribution in [0.5, 0.6) is 0 Å². The van der Waals surface area contributed by atoms with Crippen LogP contribution in [0.15, 0.2) is 29.8 Å². The van der Waals surface area contributed by atoms with Gasteiger partial charge in [0, 0.05) is 37.7 Å². The summed E-state index contributed by atoms with van der Waals surface area (Å²) in [7, 11) is 1.60. The van der Waals surface area contributed by atoms with Gasteiger partial charge in [-0.2, -0.15) is 0 Å². The topological polar surface area (TPSA) is 178 Å². The van der Waals surface area contributed by atoms with Crippen LogP contribution in [-0.4, -0.2) is 64.2 Å². The first kappa shape index (κ1) is 29.3. The highest BCUT2D eigenvalue weighted by Gasteiger charge is 2.79. The van der Waals surface area contributed by atoms with Crippen LogP contribution in [0.25, 0.3) is 0 Å². The number of nitro groups is 2. The number of fused-ring (bicyclic) bond motifs is 1. The van der Waals surface area contributed by atoms with E-state index < -0.39 is 56.2 Å². The first-order valence-corrected chi connectivity index (χ1v) is 15.3. The second kappa shape index (κ2) is 9.79. The highest BCUT2D eigenvalue weighted by molar-refractivity contribution is 5.91. The zero-order valence-electron chi connectivity index (χ0n) is 24.7. The van der Waals surface area contributed by atoms with Crippen LogP contribution in [0.2, 0.25) is 0 Å². The van der Waals surface area contributed by atoms with Crippen molar-refractivity contribution in [1.29, 1.82) is 0 Å². The van der Waals surface area contributed by atoms with Crippen molar-refractivity contribution in [1.82, 2.24) is 0 Å². The van der Waals surface area contributed by atoms with Crippen LogP contribution in [-0.2, 0) is 23.7 Å². The van der Waals surface area contributed by atoms with Gasteiger partial charge in [0.25, 0.3) is 11.4 Å². The Balaban J connectivity index is 1.15. The van der Waals surface area contributed by atoms with Gasteiger partial charge in [0.15, 0.2) is 6.29 Å². The summed E-state index contributed by atoms with van der Waals surface area (Å²) in [5.41, 5.74) is -2.91. The number of rotatable bonds is 6. The van der Waals surface area contributed by atoms with Gasteiger partial charge in [0.05, 0.1) is 38.1 Å². The number of carbonyl (C=O) groups excluding carboxylic acids is 2. The Labute approximate surface area is 253 Å². The summed E-state index contributed by atoms with van der Waals surface area (Å²) in [6, 6.07) is 2.72. The molecule has 1 N–H and O–H groups in total. The van der Waals surface area contributed by atoms with E-state index in [2.05, 4.69) is 6.92 Å². The highest BCUT2D eigenvalue weighted by Crippen LogP contribution is 2.76. The minimum Gasteiger partial charge on any atom is -0.459 e.